The Bertz CT molecular complexity index is 829. The Balaban J connectivity index is 1.68. The SMILES string of the molecule is O=C1CN(C(=O)c2ccc(F)c(F)c2)CC(O)CN1CCc1ccccc1. The maximum Gasteiger partial charge on any atom is 0.254 e. The number of carbonyl (C=O) groups excluding carboxylic acids is 2. The zero-order valence-corrected chi connectivity index (χ0v) is 14.6. The first kappa shape index (κ1) is 19.0. The number of hydrogen-bond acceptors (Lipinski definition) is 3. The van der Waals surface area contributed by atoms with E-state index in [4.69, 9.17) is 0 Å². The first-order valence-electron chi connectivity index (χ1n) is 8.68. The summed E-state index contributed by atoms with van der Waals surface area (Å²) in [5, 5.41) is 10.2. The molecule has 0 bridgehead atoms. The summed E-state index contributed by atoms with van der Waals surface area (Å²) in [6.07, 6.45) is -0.280. The van der Waals surface area contributed by atoms with Crippen LogP contribution in [0.25, 0.3) is 0 Å². The summed E-state index contributed by atoms with van der Waals surface area (Å²) in [6.45, 7) is 0.273. The van der Waals surface area contributed by atoms with E-state index in [0.29, 0.717) is 13.0 Å². The molecule has 1 aliphatic rings. The molecule has 2 amide bonds. The molecule has 7 heteroatoms. The summed E-state index contributed by atoms with van der Waals surface area (Å²) < 4.78 is 26.5. The zero-order chi connectivity index (χ0) is 19.4. The Labute approximate surface area is 155 Å². The van der Waals surface area contributed by atoms with Crippen molar-refractivity contribution in [3.05, 3.63) is 71.3 Å². The third-order valence-corrected chi connectivity index (χ3v) is 4.51. The second-order valence-corrected chi connectivity index (χ2v) is 6.54. The summed E-state index contributed by atoms with van der Waals surface area (Å²) in [7, 11) is 0. The molecular weight excluding hydrogens is 354 g/mol. The molecule has 1 atom stereocenters. The lowest BCUT2D eigenvalue weighted by atomic mass is 10.1. The summed E-state index contributed by atoms with van der Waals surface area (Å²) >= 11 is 0. The lowest BCUT2D eigenvalue weighted by Crippen LogP contribution is -2.40. The van der Waals surface area contributed by atoms with Crippen molar-refractivity contribution in [3.63, 3.8) is 0 Å². The van der Waals surface area contributed by atoms with Crippen LogP contribution in [0.2, 0.25) is 0 Å². The van der Waals surface area contributed by atoms with Gasteiger partial charge in [-0.15, -0.1) is 0 Å². The average molecular weight is 374 g/mol. The topological polar surface area (TPSA) is 60.9 Å². The quantitative estimate of drug-likeness (QED) is 0.889. The van der Waals surface area contributed by atoms with Crippen LogP contribution in [0.4, 0.5) is 8.78 Å². The zero-order valence-electron chi connectivity index (χ0n) is 14.6. The number of aliphatic hydroxyl groups is 1. The van der Waals surface area contributed by atoms with E-state index < -0.39 is 23.6 Å². The number of halogens is 2. The van der Waals surface area contributed by atoms with Crippen molar-refractivity contribution in [3.8, 4) is 0 Å². The van der Waals surface area contributed by atoms with Gasteiger partial charge < -0.3 is 14.9 Å². The van der Waals surface area contributed by atoms with E-state index in [0.717, 1.165) is 23.8 Å². The number of β-amino-alcohol motifs (C(OH)–C–C–N with tert-alkyl or cyclic N) is 1. The number of rotatable bonds is 4. The summed E-state index contributed by atoms with van der Waals surface area (Å²) in [5.74, 6) is -3.10. The Kier molecular flexibility index (Phi) is 5.81. The fourth-order valence-corrected chi connectivity index (χ4v) is 3.09. The summed E-state index contributed by atoms with van der Waals surface area (Å²) in [4.78, 5) is 27.8. The minimum atomic E-state index is -1.13. The molecular formula is C20H20F2N2O3. The molecule has 0 spiro atoms. The average Bonchev–Trinajstić information content (AvgIpc) is 2.80. The van der Waals surface area contributed by atoms with Gasteiger partial charge in [-0.1, -0.05) is 30.3 Å². The summed E-state index contributed by atoms with van der Waals surface area (Å²) in [5.41, 5.74) is 1.00. The van der Waals surface area contributed by atoms with Crippen molar-refractivity contribution in [1.29, 1.82) is 0 Å². The molecule has 1 N–H and O–H groups in total. The van der Waals surface area contributed by atoms with Crippen LogP contribution in [-0.4, -0.2) is 59.0 Å². The maximum atomic E-state index is 13.4. The Hall–Kier alpha value is -2.80. The number of nitrogens with zero attached hydrogens (tertiary/aromatic N) is 2. The van der Waals surface area contributed by atoms with E-state index in [2.05, 4.69) is 0 Å². The van der Waals surface area contributed by atoms with Gasteiger partial charge in [0.1, 0.15) is 6.54 Å². The lowest BCUT2D eigenvalue weighted by molar-refractivity contribution is -0.131. The minimum Gasteiger partial charge on any atom is -0.389 e. The van der Waals surface area contributed by atoms with Crippen LogP contribution in [0, 0.1) is 11.6 Å². The predicted molar refractivity (Wildman–Crippen MR) is 95.0 cm³/mol. The highest BCUT2D eigenvalue weighted by Crippen LogP contribution is 2.14. The van der Waals surface area contributed by atoms with E-state index >= 15 is 0 Å². The molecule has 0 radical (unpaired) electrons. The molecule has 2 aromatic rings. The standard InChI is InChI=1S/C20H20F2N2O3/c21-17-7-6-15(10-18(17)22)20(27)24-12-16(25)11-23(19(26)13-24)9-8-14-4-2-1-3-5-14/h1-7,10,16,25H,8-9,11-13H2. The minimum absolute atomic E-state index is 0.0502. The molecule has 27 heavy (non-hydrogen) atoms. The van der Waals surface area contributed by atoms with Crippen molar-refractivity contribution < 1.29 is 23.5 Å². The third kappa shape index (κ3) is 4.68. The van der Waals surface area contributed by atoms with E-state index in [1.54, 1.807) is 0 Å². The molecule has 1 aliphatic heterocycles. The first-order chi connectivity index (χ1) is 12.9. The van der Waals surface area contributed by atoms with Gasteiger partial charge in [0.05, 0.1) is 6.10 Å². The number of amides is 2. The predicted octanol–water partition coefficient (Wildman–Crippen LogP) is 1.85. The fourth-order valence-electron chi connectivity index (χ4n) is 3.09. The van der Waals surface area contributed by atoms with Gasteiger partial charge in [-0.05, 0) is 30.2 Å². The monoisotopic (exact) mass is 374 g/mol. The second-order valence-electron chi connectivity index (χ2n) is 6.54. The van der Waals surface area contributed by atoms with Crippen molar-refractivity contribution >= 4 is 11.8 Å². The number of carbonyl (C=O) groups is 2. The van der Waals surface area contributed by atoms with Gasteiger partial charge in [-0.3, -0.25) is 9.59 Å². The van der Waals surface area contributed by atoms with Crippen LogP contribution in [0.5, 0.6) is 0 Å². The largest absolute Gasteiger partial charge is 0.389 e. The maximum absolute atomic E-state index is 13.4. The van der Waals surface area contributed by atoms with E-state index in [9.17, 15) is 23.5 Å². The van der Waals surface area contributed by atoms with Crippen LogP contribution >= 0.6 is 0 Å². The number of benzene rings is 2. The molecule has 1 fully saturated rings. The normalized spacial score (nSPS) is 17.7. The van der Waals surface area contributed by atoms with Crippen LogP contribution in [0.15, 0.2) is 48.5 Å². The fraction of sp³-hybridized carbons (Fsp3) is 0.300. The molecule has 0 aliphatic carbocycles. The Morgan fingerprint density at radius 3 is 2.52 bits per heavy atom. The highest BCUT2D eigenvalue weighted by molar-refractivity contribution is 5.96. The molecule has 0 saturated carbocycles. The lowest BCUT2D eigenvalue weighted by Gasteiger charge is -2.22. The van der Waals surface area contributed by atoms with Gasteiger partial charge in [0.15, 0.2) is 11.6 Å². The molecule has 5 nitrogen and oxygen atoms in total. The van der Waals surface area contributed by atoms with Crippen LogP contribution in [-0.2, 0) is 11.2 Å². The highest BCUT2D eigenvalue weighted by atomic mass is 19.2. The Morgan fingerprint density at radius 1 is 1.07 bits per heavy atom. The highest BCUT2D eigenvalue weighted by Gasteiger charge is 2.30. The van der Waals surface area contributed by atoms with Crippen molar-refractivity contribution in [1.82, 2.24) is 9.80 Å². The van der Waals surface area contributed by atoms with Crippen LogP contribution in [0.1, 0.15) is 15.9 Å². The molecule has 1 unspecified atom stereocenters. The van der Waals surface area contributed by atoms with Crippen molar-refractivity contribution in [2.45, 2.75) is 12.5 Å². The number of hydrogen-bond donors (Lipinski definition) is 1. The van der Waals surface area contributed by atoms with Crippen molar-refractivity contribution in [2.24, 2.45) is 0 Å². The van der Waals surface area contributed by atoms with E-state index in [1.165, 1.54) is 9.80 Å². The summed E-state index contributed by atoms with van der Waals surface area (Å²) in [6, 6.07) is 12.5. The van der Waals surface area contributed by atoms with Gasteiger partial charge in [0, 0.05) is 25.2 Å². The van der Waals surface area contributed by atoms with Gasteiger partial charge in [0.25, 0.3) is 5.91 Å². The van der Waals surface area contributed by atoms with Crippen LogP contribution < -0.4 is 0 Å². The van der Waals surface area contributed by atoms with Gasteiger partial charge >= 0.3 is 0 Å². The molecule has 142 valence electrons. The molecule has 0 aromatic heterocycles. The molecule has 2 aromatic carbocycles. The molecule has 1 saturated heterocycles. The van der Waals surface area contributed by atoms with E-state index in [-0.39, 0.29) is 31.1 Å². The third-order valence-electron chi connectivity index (χ3n) is 4.51. The van der Waals surface area contributed by atoms with Gasteiger partial charge in [-0.2, -0.15) is 0 Å². The number of aliphatic hydroxyl groups excluding tert-OH is 1. The van der Waals surface area contributed by atoms with E-state index in [1.807, 2.05) is 30.3 Å². The Morgan fingerprint density at radius 2 is 1.81 bits per heavy atom. The first-order valence-corrected chi connectivity index (χ1v) is 8.68. The second kappa shape index (κ2) is 8.26. The van der Waals surface area contributed by atoms with Gasteiger partial charge in [0.2, 0.25) is 5.91 Å². The van der Waals surface area contributed by atoms with Crippen molar-refractivity contribution in [2.75, 3.05) is 26.2 Å². The smallest absolute Gasteiger partial charge is 0.254 e. The van der Waals surface area contributed by atoms with Gasteiger partial charge in [-0.25, -0.2) is 8.78 Å². The molecule has 3 rings (SSSR count). The van der Waals surface area contributed by atoms with Crippen LogP contribution in [0.3, 0.4) is 0 Å². The molecule has 1 heterocycles.